The third-order valence-corrected chi connectivity index (χ3v) is 7.74. The molecule has 0 aliphatic carbocycles. The average molecular weight is 491 g/mol. The van der Waals surface area contributed by atoms with Gasteiger partial charge >= 0.3 is 0 Å². The lowest BCUT2D eigenvalue weighted by Gasteiger charge is -2.30. The monoisotopic (exact) mass is 490 g/mol. The smallest absolute Gasteiger partial charge is 0.198 e. The number of hydrogen-bond acceptors (Lipinski definition) is 9. The van der Waals surface area contributed by atoms with E-state index in [1.807, 2.05) is 47.5 Å². The summed E-state index contributed by atoms with van der Waals surface area (Å²) in [5.74, 6) is 1.47. The summed E-state index contributed by atoms with van der Waals surface area (Å²) in [6.45, 7) is 0.881. The Morgan fingerprint density at radius 1 is 1.11 bits per heavy atom. The number of aromatic nitrogens is 6. The van der Waals surface area contributed by atoms with Crippen LogP contribution in [0, 0.1) is 0 Å². The summed E-state index contributed by atoms with van der Waals surface area (Å²) in [5.41, 5.74) is 4.75. The molecule has 6 rings (SSSR count). The highest BCUT2D eigenvalue weighted by molar-refractivity contribution is 7.91. The maximum absolute atomic E-state index is 11.8. The Hall–Kier alpha value is -4.19. The summed E-state index contributed by atoms with van der Waals surface area (Å²) in [4.78, 5) is 11.2. The topological polar surface area (TPSA) is 130 Å². The predicted octanol–water partition coefficient (Wildman–Crippen LogP) is 2.65. The lowest BCUT2D eigenvalue weighted by atomic mass is 10.1. The Kier molecular flexibility index (Phi) is 5.02. The van der Waals surface area contributed by atoms with Gasteiger partial charge in [0.2, 0.25) is 0 Å². The lowest BCUT2D eigenvalue weighted by molar-refractivity contribution is 0.414. The van der Waals surface area contributed by atoms with Gasteiger partial charge < -0.3 is 15.0 Å². The number of nitrogens with zero attached hydrogens (tertiary/aromatic N) is 6. The molecule has 0 saturated carbocycles. The Bertz CT molecular complexity index is 1650. The summed E-state index contributed by atoms with van der Waals surface area (Å²) in [6, 6.07) is 11.7. The van der Waals surface area contributed by atoms with Gasteiger partial charge in [0.1, 0.15) is 12.1 Å². The Labute approximate surface area is 200 Å². The number of H-pyrrole nitrogens is 1. The van der Waals surface area contributed by atoms with E-state index in [0.29, 0.717) is 30.3 Å². The molecule has 0 amide bonds. The van der Waals surface area contributed by atoms with Crippen LogP contribution in [0.4, 0.5) is 17.2 Å². The number of aromatic amines is 1. The zero-order valence-corrected chi connectivity index (χ0v) is 19.7. The van der Waals surface area contributed by atoms with E-state index in [4.69, 9.17) is 9.72 Å². The summed E-state index contributed by atoms with van der Waals surface area (Å²) >= 11 is 0. The fraction of sp³-hybridized carbons (Fsp3) is 0.217. The van der Waals surface area contributed by atoms with Gasteiger partial charge in [-0.25, -0.2) is 22.9 Å². The third kappa shape index (κ3) is 4.01. The third-order valence-electron chi connectivity index (χ3n) is 6.13. The molecule has 0 radical (unpaired) electrons. The number of ether oxygens (including phenoxy) is 1. The van der Waals surface area contributed by atoms with Gasteiger partial charge in [-0.3, -0.25) is 5.10 Å². The van der Waals surface area contributed by atoms with Crippen molar-refractivity contribution in [2.24, 2.45) is 0 Å². The van der Waals surface area contributed by atoms with Crippen molar-refractivity contribution in [3.8, 4) is 17.0 Å². The molecular formula is C23H22N8O3S. The summed E-state index contributed by atoms with van der Waals surface area (Å²) in [5, 5.41) is 15.7. The number of nitrogens with one attached hydrogen (secondary N) is 2. The first kappa shape index (κ1) is 21.4. The van der Waals surface area contributed by atoms with Crippen molar-refractivity contribution in [2.75, 3.05) is 41.9 Å². The molecule has 1 fully saturated rings. The van der Waals surface area contributed by atoms with Gasteiger partial charge in [0.15, 0.2) is 21.3 Å². The summed E-state index contributed by atoms with van der Waals surface area (Å²) < 4.78 is 30.9. The van der Waals surface area contributed by atoms with Crippen LogP contribution < -0.4 is 15.0 Å². The van der Waals surface area contributed by atoms with Gasteiger partial charge in [0.25, 0.3) is 0 Å². The minimum atomic E-state index is -2.97. The van der Waals surface area contributed by atoms with Crippen LogP contribution in [0.5, 0.6) is 5.75 Å². The largest absolute Gasteiger partial charge is 0.495 e. The zero-order chi connectivity index (χ0) is 24.0. The van der Waals surface area contributed by atoms with Crippen LogP contribution in [0.15, 0.2) is 55.1 Å². The van der Waals surface area contributed by atoms with Crippen molar-refractivity contribution in [1.82, 2.24) is 29.8 Å². The molecule has 1 aliphatic heterocycles. The van der Waals surface area contributed by atoms with Crippen molar-refractivity contribution in [2.45, 2.75) is 0 Å². The average Bonchev–Trinajstić information content (AvgIpc) is 3.53. The predicted molar refractivity (Wildman–Crippen MR) is 133 cm³/mol. The number of methoxy groups -OCH3 is 1. The van der Waals surface area contributed by atoms with Gasteiger partial charge in [0, 0.05) is 35.8 Å². The van der Waals surface area contributed by atoms with E-state index in [1.54, 1.807) is 17.8 Å². The summed E-state index contributed by atoms with van der Waals surface area (Å²) in [6.07, 6.45) is 5.09. The lowest BCUT2D eigenvalue weighted by Crippen LogP contribution is -2.40. The second kappa shape index (κ2) is 8.24. The quantitative estimate of drug-likeness (QED) is 0.382. The molecule has 0 atom stereocenters. The molecule has 3 aromatic heterocycles. The minimum Gasteiger partial charge on any atom is -0.495 e. The van der Waals surface area contributed by atoms with Crippen LogP contribution in [0.1, 0.15) is 0 Å². The van der Waals surface area contributed by atoms with E-state index in [9.17, 15) is 8.42 Å². The van der Waals surface area contributed by atoms with Crippen molar-refractivity contribution in [1.29, 1.82) is 0 Å². The first-order valence-corrected chi connectivity index (χ1v) is 12.9. The maximum atomic E-state index is 11.8. The fourth-order valence-corrected chi connectivity index (χ4v) is 5.46. The second-order valence-electron chi connectivity index (χ2n) is 8.33. The fourth-order valence-electron chi connectivity index (χ4n) is 4.26. The Balaban J connectivity index is 1.34. The molecule has 2 aromatic carbocycles. The molecular weight excluding hydrogens is 468 g/mol. The van der Waals surface area contributed by atoms with E-state index < -0.39 is 9.84 Å². The standard InChI is InChI=1S/C23H22N8O3S/c1-34-21-11-17(4-5-20(21)30-6-8-35(32,33)9-7-30)27-22-23-24-14-26-31(23)13-19(28-22)15-2-3-16-12-25-29-18(16)10-15/h2-5,10-14H,6-9H2,1H3,(H,25,29)(H,27,28). The van der Waals surface area contributed by atoms with E-state index in [2.05, 4.69) is 25.6 Å². The minimum absolute atomic E-state index is 0.141. The number of rotatable bonds is 5. The Morgan fingerprint density at radius 3 is 2.80 bits per heavy atom. The zero-order valence-electron chi connectivity index (χ0n) is 18.8. The summed E-state index contributed by atoms with van der Waals surface area (Å²) in [7, 11) is -1.37. The molecule has 1 aliphatic rings. The molecule has 4 heterocycles. The first-order valence-electron chi connectivity index (χ1n) is 11.0. The molecule has 0 spiro atoms. The van der Waals surface area contributed by atoms with E-state index in [-0.39, 0.29) is 11.5 Å². The highest BCUT2D eigenvalue weighted by atomic mass is 32.2. The second-order valence-corrected chi connectivity index (χ2v) is 10.6. The number of benzene rings is 2. The normalized spacial score (nSPS) is 15.5. The molecule has 2 N–H and O–H groups in total. The molecule has 0 bridgehead atoms. The van der Waals surface area contributed by atoms with Crippen LogP contribution in [0.3, 0.4) is 0 Å². The van der Waals surface area contributed by atoms with Crippen LogP contribution in [0.2, 0.25) is 0 Å². The van der Waals surface area contributed by atoms with Crippen LogP contribution in [-0.4, -0.2) is 69.9 Å². The number of hydrogen-bond donors (Lipinski definition) is 2. The van der Waals surface area contributed by atoms with Crippen LogP contribution in [-0.2, 0) is 9.84 Å². The molecule has 5 aromatic rings. The van der Waals surface area contributed by atoms with Crippen molar-refractivity contribution < 1.29 is 13.2 Å². The van der Waals surface area contributed by atoms with Crippen molar-refractivity contribution in [3.63, 3.8) is 0 Å². The highest BCUT2D eigenvalue weighted by Crippen LogP contribution is 2.34. The van der Waals surface area contributed by atoms with Crippen molar-refractivity contribution in [3.05, 3.63) is 55.1 Å². The molecule has 1 saturated heterocycles. The van der Waals surface area contributed by atoms with Gasteiger partial charge in [-0.2, -0.15) is 10.2 Å². The van der Waals surface area contributed by atoms with Crippen LogP contribution >= 0.6 is 0 Å². The molecule has 178 valence electrons. The Morgan fingerprint density at radius 2 is 1.97 bits per heavy atom. The molecule has 11 nitrogen and oxygen atoms in total. The van der Waals surface area contributed by atoms with E-state index in [0.717, 1.165) is 33.5 Å². The van der Waals surface area contributed by atoms with E-state index in [1.165, 1.54) is 6.33 Å². The molecule has 0 unspecified atom stereocenters. The van der Waals surface area contributed by atoms with Crippen LogP contribution in [0.25, 0.3) is 27.8 Å². The van der Waals surface area contributed by atoms with Gasteiger partial charge in [-0.1, -0.05) is 12.1 Å². The van der Waals surface area contributed by atoms with E-state index >= 15 is 0 Å². The highest BCUT2D eigenvalue weighted by Gasteiger charge is 2.24. The maximum Gasteiger partial charge on any atom is 0.198 e. The van der Waals surface area contributed by atoms with Gasteiger partial charge in [0.05, 0.1) is 47.9 Å². The molecule has 12 heteroatoms. The number of sulfone groups is 1. The SMILES string of the molecule is COc1cc(Nc2nc(-c3ccc4cn[nH]c4c3)cn3ncnc23)ccc1N1CCS(=O)(=O)CC1. The van der Waals surface area contributed by atoms with Gasteiger partial charge in [-0.05, 0) is 18.2 Å². The van der Waals surface area contributed by atoms with Gasteiger partial charge in [-0.15, -0.1) is 0 Å². The van der Waals surface area contributed by atoms with Crippen molar-refractivity contribution >= 4 is 43.6 Å². The first-order chi connectivity index (χ1) is 17.0. The number of fused-ring (bicyclic) bond motifs is 2. The number of anilines is 3. The molecule has 35 heavy (non-hydrogen) atoms.